The number of fused-ring (bicyclic) bond motifs is 1. The second kappa shape index (κ2) is 5.15. The van der Waals surface area contributed by atoms with Crippen LogP contribution in [0.4, 0.5) is 10.5 Å². The number of hydrogen-bond donors (Lipinski definition) is 0. The van der Waals surface area contributed by atoms with Gasteiger partial charge in [0.15, 0.2) is 0 Å². The van der Waals surface area contributed by atoms with E-state index in [2.05, 4.69) is 0 Å². The third kappa shape index (κ3) is 2.76. The van der Waals surface area contributed by atoms with Gasteiger partial charge < -0.3 is 9.47 Å². The van der Waals surface area contributed by atoms with Crippen molar-refractivity contribution >= 4 is 17.7 Å². The van der Waals surface area contributed by atoms with E-state index in [1.165, 1.54) is 12.0 Å². The number of rotatable bonds is 1. The van der Waals surface area contributed by atoms with Gasteiger partial charge in [0, 0.05) is 6.42 Å². The van der Waals surface area contributed by atoms with Gasteiger partial charge in [-0.05, 0) is 32.4 Å². The second-order valence-electron chi connectivity index (χ2n) is 5.72. The number of anilines is 1. The topological polar surface area (TPSA) is 55.8 Å². The van der Waals surface area contributed by atoms with Crippen molar-refractivity contribution in [2.45, 2.75) is 38.8 Å². The van der Waals surface area contributed by atoms with Crippen LogP contribution in [0.1, 0.15) is 26.3 Å². The smallest absolute Gasteiger partial charge is 0.415 e. The Morgan fingerprint density at radius 3 is 2.50 bits per heavy atom. The van der Waals surface area contributed by atoms with Crippen LogP contribution in [0, 0.1) is 0 Å². The van der Waals surface area contributed by atoms with Gasteiger partial charge in [-0.1, -0.05) is 18.2 Å². The summed E-state index contributed by atoms with van der Waals surface area (Å²) in [7, 11) is 1.32. The highest BCUT2D eigenvalue weighted by molar-refractivity contribution is 5.99. The summed E-state index contributed by atoms with van der Waals surface area (Å²) in [5.41, 5.74) is 1.03. The normalized spacial score (nSPS) is 17.6. The molecule has 1 heterocycles. The first-order valence-corrected chi connectivity index (χ1v) is 6.51. The van der Waals surface area contributed by atoms with Gasteiger partial charge in [0.25, 0.3) is 0 Å². The zero-order valence-electron chi connectivity index (χ0n) is 12.2. The molecule has 0 aromatic heterocycles. The average molecular weight is 277 g/mol. The van der Waals surface area contributed by atoms with E-state index in [0.29, 0.717) is 12.1 Å². The minimum Gasteiger partial charge on any atom is -0.467 e. The first-order chi connectivity index (χ1) is 9.33. The van der Waals surface area contributed by atoms with Crippen LogP contribution < -0.4 is 4.90 Å². The lowest BCUT2D eigenvalue weighted by Gasteiger charge is -2.27. The van der Waals surface area contributed by atoms with Crippen LogP contribution in [0.25, 0.3) is 0 Å². The zero-order valence-corrected chi connectivity index (χ0v) is 12.2. The number of esters is 1. The summed E-state index contributed by atoms with van der Waals surface area (Å²) in [4.78, 5) is 25.6. The number of carbonyl (C=O) groups excluding carboxylic acids is 2. The number of amides is 1. The molecule has 0 fully saturated rings. The fourth-order valence-corrected chi connectivity index (χ4v) is 2.25. The van der Waals surface area contributed by atoms with Gasteiger partial charge in [0.2, 0.25) is 0 Å². The van der Waals surface area contributed by atoms with Crippen molar-refractivity contribution in [3.05, 3.63) is 29.8 Å². The van der Waals surface area contributed by atoms with Crippen molar-refractivity contribution in [2.75, 3.05) is 12.0 Å². The van der Waals surface area contributed by atoms with E-state index in [9.17, 15) is 9.59 Å². The van der Waals surface area contributed by atoms with Crippen LogP contribution in [-0.4, -0.2) is 30.8 Å². The minimum absolute atomic E-state index is 0.438. The monoisotopic (exact) mass is 277 g/mol. The zero-order chi connectivity index (χ0) is 14.9. The largest absolute Gasteiger partial charge is 0.467 e. The summed E-state index contributed by atoms with van der Waals surface area (Å²) in [6.45, 7) is 5.38. The SMILES string of the molecule is COC(=O)[C@H]1Cc2ccccc2N1C(=O)OC(C)(C)C. The third-order valence-corrected chi connectivity index (χ3v) is 3.04. The highest BCUT2D eigenvalue weighted by Gasteiger charge is 2.40. The highest BCUT2D eigenvalue weighted by Crippen LogP contribution is 2.33. The maximum atomic E-state index is 12.4. The van der Waals surface area contributed by atoms with Gasteiger partial charge in [-0.3, -0.25) is 4.90 Å². The van der Waals surface area contributed by atoms with Gasteiger partial charge in [-0.15, -0.1) is 0 Å². The first-order valence-electron chi connectivity index (χ1n) is 6.51. The van der Waals surface area contributed by atoms with Crippen molar-refractivity contribution in [3.63, 3.8) is 0 Å². The van der Waals surface area contributed by atoms with Crippen molar-refractivity contribution in [1.29, 1.82) is 0 Å². The molecular formula is C15H19NO4. The van der Waals surface area contributed by atoms with E-state index in [0.717, 1.165) is 5.56 Å². The summed E-state index contributed by atoms with van der Waals surface area (Å²) >= 11 is 0. The molecule has 0 saturated carbocycles. The summed E-state index contributed by atoms with van der Waals surface area (Å²) in [5.74, 6) is -0.438. The number of carbonyl (C=O) groups is 2. The van der Waals surface area contributed by atoms with Crippen LogP contribution in [0.3, 0.4) is 0 Å². The molecule has 0 radical (unpaired) electrons. The number of methoxy groups -OCH3 is 1. The Bertz CT molecular complexity index is 533. The summed E-state index contributed by atoms with van der Waals surface area (Å²) in [6.07, 6.45) is -0.0833. The maximum absolute atomic E-state index is 12.4. The average Bonchev–Trinajstić information content (AvgIpc) is 2.75. The van der Waals surface area contributed by atoms with Crippen molar-refractivity contribution in [3.8, 4) is 0 Å². The molecular weight excluding hydrogens is 258 g/mol. The van der Waals surface area contributed by atoms with Crippen molar-refractivity contribution < 1.29 is 19.1 Å². The molecule has 1 atom stereocenters. The minimum atomic E-state index is -0.660. The van der Waals surface area contributed by atoms with Crippen LogP contribution in [-0.2, 0) is 20.7 Å². The fraction of sp³-hybridized carbons (Fsp3) is 0.467. The number of para-hydroxylation sites is 1. The van der Waals surface area contributed by atoms with Crippen LogP contribution >= 0.6 is 0 Å². The Morgan fingerprint density at radius 2 is 1.90 bits per heavy atom. The number of benzene rings is 1. The maximum Gasteiger partial charge on any atom is 0.415 e. The summed E-state index contributed by atoms with van der Waals surface area (Å²) < 4.78 is 10.2. The Morgan fingerprint density at radius 1 is 1.25 bits per heavy atom. The van der Waals surface area contributed by atoms with Crippen molar-refractivity contribution in [2.24, 2.45) is 0 Å². The third-order valence-electron chi connectivity index (χ3n) is 3.04. The standard InChI is InChI=1S/C15H19NO4/c1-15(2,3)20-14(18)16-11-8-6-5-7-10(11)9-12(16)13(17)19-4/h5-8,12H,9H2,1-4H3/t12-/m1/s1. The quantitative estimate of drug-likeness (QED) is 0.740. The Labute approximate surface area is 118 Å². The van der Waals surface area contributed by atoms with Crippen LogP contribution in [0.15, 0.2) is 24.3 Å². The van der Waals surface area contributed by atoms with E-state index < -0.39 is 23.7 Å². The van der Waals surface area contributed by atoms with Gasteiger partial charge >= 0.3 is 12.1 Å². The predicted octanol–water partition coefficient (Wildman–Crippen LogP) is 2.53. The van der Waals surface area contributed by atoms with E-state index >= 15 is 0 Å². The highest BCUT2D eigenvalue weighted by atomic mass is 16.6. The molecule has 5 nitrogen and oxygen atoms in total. The Balaban J connectivity index is 2.34. The summed E-state index contributed by atoms with van der Waals surface area (Å²) in [6, 6.07) is 6.76. The molecule has 0 bridgehead atoms. The lowest BCUT2D eigenvalue weighted by atomic mass is 10.1. The van der Waals surface area contributed by atoms with E-state index in [-0.39, 0.29) is 0 Å². The van der Waals surface area contributed by atoms with Gasteiger partial charge in [-0.25, -0.2) is 9.59 Å². The number of ether oxygens (including phenoxy) is 2. The van der Waals surface area contributed by atoms with Crippen LogP contribution in [0.2, 0.25) is 0 Å². The van der Waals surface area contributed by atoms with Crippen LogP contribution in [0.5, 0.6) is 0 Å². The van der Waals surface area contributed by atoms with Gasteiger partial charge in [0.05, 0.1) is 12.8 Å². The second-order valence-corrected chi connectivity index (χ2v) is 5.72. The summed E-state index contributed by atoms with van der Waals surface area (Å²) in [5, 5.41) is 0. The molecule has 5 heteroatoms. The number of hydrogen-bond acceptors (Lipinski definition) is 4. The van der Waals surface area contributed by atoms with Gasteiger partial charge in [0.1, 0.15) is 11.6 Å². The number of nitrogens with zero attached hydrogens (tertiary/aromatic N) is 1. The van der Waals surface area contributed by atoms with Gasteiger partial charge in [-0.2, -0.15) is 0 Å². The molecule has 0 N–H and O–H groups in total. The Kier molecular flexibility index (Phi) is 3.70. The van der Waals surface area contributed by atoms with E-state index in [4.69, 9.17) is 9.47 Å². The molecule has 1 aliphatic rings. The molecule has 108 valence electrons. The molecule has 1 amide bonds. The van der Waals surface area contributed by atoms with E-state index in [1.807, 2.05) is 24.3 Å². The Hall–Kier alpha value is -2.04. The lowest BCUT2D eigenvalue weighted by Crippen LogP contribution is -2.45. The molecule has 0 aliphatic carbocycles. The first kappa shape index (κ1) is 14.4. The predicted molar refractivity (Wildman–Crippen MR) is 74.7 cm³/mol. The molecule has 1 aromatic carbocycles. The lowest BCUT2D eigenvalue weighted by molar-refractivity contribution is -0.142. The van der Waals surface area contributed by atoms with Crippen molar-refractivity contribution in [1.82, 2.24) is 0 Å². The molecule has 1 aliphatic heterocycles. The molecule has 0 unspecified atom stereocenters. The molecule has 0 spiro atoms. The molecule has 1 aromatic rings. The van der Waals surface area contributed by atoms with E-state index in [1.54, 1.807) is 20.8 Å². The molecule has 20 heavy (non-hydrogen) atoms. The fourth-order valence-electron chi connectivity index (χ4n) is 2.25. The molecule has 2 rings (SSSR count). The molecule has 0 saturated heterocycles.